The van der Waals surface area contributed by atoms with E-state index < -0.39 is 0 Å². The van der Waals surface area contributed by atoms with Gasteiger partial charge in [-0.2, -0.15) is 0 Å². The number of benzene rings is 1. The Hall–Kier alpha value is -4.20. The number of ether oxygens (including phenoxy) is 1. The molecule has 0 bridgehead atoms. The van der Waals surface area contributed by atoms with Gasteiger partial charge >= 0.3 is 0 Å². The van der Waals surface area contributed by atoms with Crippen molar-refractivity contribution in [3.63, 3.8) is 0 Å². The lowest BCUT2D eigenvalue weighted by molar-refractivity contribution is 0.0472. The zero-order valence-electron chi connectivity index (χ0n) is 18.1. The molecule has 8 heteroatoms. The van der Waals surface area contributed by atoms with Gasteiger partial charge in [0.15, 0.2) is 6.10 Å². The number of nitrogens with one attached hydrogen (secondary N) is 1. The first-order chi connectivity index (χ1) is 16.2. The van der Waals surface area contributed by atoms with Crippen molar-refractivity contribution in [3.05, 3.63) is 84.6 Å². The van der Waals surface area contributed by atoms with Gasteiger partial charge in [0.1, 0.15) is 18.0 Å². The van der Waals surface area contributed by atoms with E-state index in [-0.39, 0.29) is 12.0 Å². The van der Waals surface area contributed by atoms with Crippen molar-refractivity contribution in [2.75, 3.05) is 13.2 Å². The predicted octanol–water partition coefficient (Wildman–Crippen LogP) is 3.66. The molecule has 0 fully saturated rings. The number of aryl methyl sites for hydroxylation is 1. The fourth-order valence-corrected chi connectivity index (χ4v) is 3.75. The van der Waals surface area contributed by atoms with Gasteiger partial charge in [-0.25, -0.2) is 4.98 Å². The van der Waals surface area contributed by atoms with Gasteiger partial charge in [0.05, 0.1) is 17.8 Å². The summed E-state index contributed by atoms with van der Waals surface area (Å²) < 4.78 is 7.89. The molecular formula is C25H23N5O3. The number of hydrogen-bond donors (Lipinski definition) is 1. The number of para-hydroxylation sites is 1. The Morgan fingerprint density at radius 3 is 3.00 bits per heavy atom. The minimum absolute atomic E-state index is 0.172. The lowest BCUT2D eigenvalue weighted by atomic mass is 10.1. The van der Waals surface area contributed by atoms with Crippen LogP contribution < -0.4 is 10.1 Å². The molecule has 166 valence electrons. The molecule has 1 amide bonds. The monoisotopic (exact) mass is 441 g/mol. The standard InChI is InChI=1S/C25H23N5O3/c1-17-12-18(8-9-26-17)22-4-2-3-5-23(22)32-16-21-13-20(29-33-21)14-28-25(31)19-6-7-24-27-10-11-30(24)15-19/h2-12,15,21H,13-14,16H2,1H3,(H,28,31). The molecule has 4 heterocycles. The second-order valence-corrected chi connectivity index (χ2v) is 7.88. The minimum Gasteiger partial charge on any atom is -0.489 e. The van der Waals surface area contributed by atoms with Crippen molar-refractivity contribution in [1.29, 1.82) is 0 Å². The fourth-order valence-electron chi connectivity index (χ4n) is 3.75. The third kappa shape index (κ3) is 4.69. The van der Waals surface area contributed by atoms with Gasteiger partial charge < -0.3 is 19.3 Å². The summed E-state index contributed by atoms with van der Waals surface area (Å²) in [6.07, 6.45) is 7.44. The number of imidazole rings is 1. The van der Waals surface area contributed by atoms with E-state index in [2.05, 4.69) is 20.4 Å². The van der Waals surface area contributed by atoms with Crippen molar-refractivity contribution in [2.45, 2.75) is 19.4 Å². The molecule has 1 aliphatic heterocycles. The minimum atomic E-state index is -0.202. The molecule has 1 aliphatic rings. The number of pyridine rings is 2. The van der Waals surface area contributed by atoms with Gasteiger partial charge in [-0.15, -0.1) is 0 Å². The molecular weight excluding hydrogens is 418 g/mol. The maximum Gasteiger partial charge on any atom is 0.253 e. The molecule has 0 spiro atoms. The van der Waals surface area contributed by atoms with Gasteiger partial charge in [0, 0.05) is 42.5 Å². The van der Waals surface area contributed by atoms with Crippen LogP contribution in [0.4, 0.5) is 0 Å². The molecule has 0 radical (unpaired) electrons. The molecule has 3 aromatic heterocycles. The van der Waals surface area contributed by atoms with Gasteiger partial charge in [0.25, 0.3) is 5.91 Å². The molecule has 8 nitrogen and oxygen atoms in total. The number of hydrogen-bond acceptors (Lipinski definition) is 6. The average molecular weight is 441 g/mol. The van der Waals surface area contributed by atoms with E-state index in [4.69, 9.17) is 9.57 Å². The number of carbonyl (C=O) groups is 1. The Kier molecular flexibility index (Phi) is 5.72. The van der Waals surface area contributed by atoms with E-state index in [0.717, 1.165) is 33.9 Å². The Balaban J connectivity index is 1.14. The zero-order chi connectivity index (χ0) is 22.6. The molecule has 33 heavy (non-hydrogen) atoms. The van der Waals surface area contributed by atoms with Crippen molar-refractivity contribution in [2.24, 2.45) is 5.16 Å². The first-order valence-corrected chi connectivity index (χ1v) is 10.7. The van der Waals surface area contributed by atoms with Crippen molar-refractivity contribution in [1.82, 2.24) is 19.7 Å². The van der Waals surface area contributed by atoms with Crippen LogP contribution in [0.3, 0.4) is 0 Å². The predicted molar refractivity (Wildman–Crippen MR) is 124 cm³/mol. The Labute approximate surface area is 190 Å². The van der Waals surface area contributed by atoms with Crippen LogP contribution in [-0.4, -0.2) is 45.2 Å². The summed E-state index contributed by atoms with van der Waals surface area (Å²) in [5.41, 5.74) is 5.14. The molecule has 1 N–H and O–H groups in total. The summed E-state index contributed by atoms with van der Waals surface area (Å²) >= 11 is 0. The summed E-state index contributed by atoms with van der Waals surface area (Å²) in [6, 6.07) is 15.5. The first kappa shape index (κ1) is 20.7. The van der Waals surface area contributed by atoms with Crippen LogP contribution >= 0.6 is 0 Å². The van der Waals surface area contributed by atoms with E-state index in [1.54, 1.807) is 30.9 Å². The first-order valence-electron chi connectivity index (χ1n) is 10.7. The van der Waals surface area contributed by atoms with Crippen LogP contribution in [0, 0.1) is 6.92 Å². The quantitative estimate of drug-likeness (QED) is 0.473. The molecule has 0 saturated heterocycles. The molecule has 5 rings (SSSR count). The Morgan fingerprint density at radius 1 is 1.18 bits per heavy atom. The van der Waals surface area contributed by atoms with Crippen LogP contribution in [-0.2, 0) is 4.84 Å². The highest BCUT2D eigenvalue weighted by molar-refractivity contribution is 5.98. The van der Waals surface area contributed by atoms with E-state index in [1.165, 1.54) is 0 Å². The van der Waals surface area contributed by atoms with Crippen LogP contribution in [0.1, 0.15) is 22.5 Å². The molecule has 0 saturated carbocycles. The number of aromatic nitrogens is 3. The summed E-state index contributed by atoms with van der Waals surface area (Å²) in [4.78, 5) is 26.5. The zero-order valence-corrected chi connectivity index (χ0v) is 18.1. The molecule has 1 aromatic carbocycles. The van der Waals surface area contributed by atoms with Crippen molar-refractivity contribution < 1.29 is 14.4 Å². The number of amides is 1. The van der Waals surface area contributed by atoms with E-state index >= 15 is 0 Å². The topological polar surface area (TPSA) is 90.1 Å². The van der Waals surface area contributed by atoms with E-state index in [1.807, 2.05) is 53.8 Å². The summed E-state index contributed by atoms with van der Waals surface area (Å²) in [5, 5.41) is 7.03. The van der Waals surface area contributed by atoms with Gasteiger partial charge in [-0.05, 0) is 42.8 Å². The van der Waals surface area contributed by atoms with Crippen molar-refractivity contribution in [3.8, 4) is 16.9 Å². The van der Waals surface area contributed by atoms with Gasteiger partial charge in [-0.1, -0.05) is 23.4 Å². The third-order valence-electron chi connectivity index (χ3n) is 5.42. The van der Waals surface area contributed by atoms with E-state index in [0.29, 0.717) is 25.1 Å². The highest BCUT2D eigenvalue weighted by Crippen LogP contribution is 2.30. The number of nitrogens with zero attached hydrogens (tertiary/aromatic N) is 4. The smallest absolute Gasteiger partial charge is 0.253 e. The van der Waals surface area contributed by atoms with E-state index in [9.17, 15) is 4.79 Å². The SMILES string of the molecule is Cc1cc(-c2ccccc2OCC2CC(CNC(=O)c3ccc4nccn4c3)=NO2)ccn1. The van der Waals surface area contributed by atoms with Crippen molar-refractivity contribution >= 4 is 17.3 Å². The van der Waals surface area contributed by atoms with Crippen LogP contribution in [0.5, 0.6) is 5.75 Å². The number of fused-ring (bicyclic) bond motifs is 1. The number of oxime groups is 1. The normalized spacial score (nSPS) is 15.2. The third-order valence-corrected chi connectivity index (χ3v) is 5.42. The van der Waals surface area contributed by atoms with Gasteiger partial charge in [0.2, 0.25) is 0 Å². The highest BCUT2D eigenvalue weighted by atomic mass is 16.7. The highest BCUT2D eigenvalue weighted by Gasteiger charge is 2.23. The largest absolute Gasteiger partial charge is 0.489 e. The van der Waals surface area contributed by atoms with Crippen LogP contribution in [0.15, 0.2) is 78.5 Å². The second-order valence-electron chi connectivity index (χ2n) is 7.88. The number of rotatable bonds is 7. The second kappa shape index (κ2) is 9.12. The Morgan fingerprint density at radius 2 is 2.09 bits per heavy atom. The molecule has 0 aliphatic carbocycles. The summed E-state index contributed by atoms with van der Waals surface area (Å²) in [5.74, 6) is 0.609. The summed E-state index contributed by atoms with van der Waals surface area (Å²) in [7, 11) is 0. The lowest BCUT2D eigenvalue weighted by Crippen LogP contribution is -2.30. The molecule has 1 unspecified atom stereocenters. The van der Waals surface area contributed by atoms with Crippen LogP contribution in [0.2, 0.25) is 0 Å². The maximum absolute atomic E-state index is 12.5. The maximum atomic E-state index is 12.5. The van der Waals surface area contributed by atoms with Gasteiger partial charge in [-0.3, -0.25) is 9.78 Å². The fraction of sp³-hybridized carbons (Fsp3) is 0.200. The lowest BCUT2D eigenvalue weighted by Gasteiger charge is -2.14. The average Bonchev–Trinajstić information content (AvgIpc) is 3.50. The number of carbonyl (C=O) groups excluding carboxylic acids is 1. The molecule has 4 aromatic rings. The Bertz CT molecular complexity index is 1330. The summed E-state index contributed by atoms with van der Waals surface area (Å²) in [6.45, 7) is 2.65. The van der Waals surface area contributed by atoms with Crippen LogP contribution in [0.25, 0.3) is 16.8 Å². The molecule has 1 atom stereocenters.